The molecule has 2 N–H and O–H groups in total. The Morgan fingerprint density at radius 2 is 2.14 bits per heavy atom. The van der Waals surface area contributed by atoms with Crippen molar-refractivity contribution >= 4 is 17.8 Å². The zero-order valence-electron chi connectivity index (χ0n) is 13.3. The molecule has 5 heteroatoms. The molecule has 0 heterocycles. The highest BCUT2D eigenvalue weighted by Gasteiger charge is 2.24. The van der Waals surface area contributed by atoms with E-state index < -0.39 is 0 Å². The minimum Gasteiger partial charge on any atom is -0.395 e. The smallest absolute Gasteiger partial charge is 0.317 e. The summed E-state index contributed by atoms with van der Waals surface area (Å²) in [6.45, 7) is 0.967. The van der Waals surface area contributed by atoms with Crippen LogP contribution in [0.3, 0.4) is 0 Å². The Morgan fingerprint density at radius 3 is 2.82 bits per heavy atom. The third kappa shape index (κ3) is 4.92. The number of hydrogen-bond acceptors (Lipinski definition) is 3. The molecule has 1 saturated carbocycles. The molecule has 0 bridgehead atoms. The van der Waals surface area contributed by atoms with E-state index in [1.807, 2.05) is 23.3 Å². The highest BCUT2D eigenvalue weighted by Crippen LogP contribution is 2.22. The fourth-order valence-electron chi connectivity index (χ4n) is 3.01. The molecule has 1 aliphatic carbocycles. The summed E-state index contributed by atoms with van der Waals surface area (Å²) in [4.78, 5) is 15.5. The summed E-state index contributed by atoms with van der Waals surface area (Å²) >= 11 is 1.70. The Bertz CT molecular complexity index is 475. The zero-order valence-corrected chi connectivity index (χ0v) is 14.1. The van der Waals surface area contributed by atoms with Crippen LogP contribution in [0.2, 0.25) is 0 Å². The number of thioether (sulfide) groups is 1. The van der Waals surface area contributed by atoms with Crippen LogP contribution in [0.15, 0.2) is 29.2 Å². The normalized spacial score (nSPS) is 15.5. The third-order valence-corrected chi connectivity index (χ3v) is 4.92. The molecule has 0 aromatic heterocycles. The van der Waals surface area contributed by atoms with Crippen molar-refractivity contribution in [1.29, 1.82) is 0 Å². The van der Waals surface area contributed by atoms with Gasteiger partial charge in [-0.2, -0.15) is 0 Å². The van der Waals surface area contributed by atoms with E-state index in [1.165, 1.54) is 24.2 Å². The van der Waals surface area contributed by atoms with E-state index in [-0.39, 0.29) is 18.7 Å². The van der Waals surface area contributed by atoms with Gasteiger partial charge in [-0.05, 0) is 36.8 Å². The summed E-state index contributed by atoms with van der Waals surface area (Å²) in [5, 5.41) is 12.2. The van der Waals surface area contributed by atoms with E-state index in [9.17, 15) is 9.90 Å². The summed E-state index contributed by atoms with van der Waals surface area (Å²) in [5.74, 6) is 0. The topological polar surface area (TPSA) is 52.6 Å². The molecule has 0 saturated heterocycles. The molecule has 0 unspecified atom stereocenters. The van der Waals surface area contributed by atoms with Gasteiger partial charge in [0.25, 0.3) is 0 Å². The highest BCUT2D eigenvalue weighted by molar-refractivity contribution is 7.98. The lowest BCUT2D eigenvalue weighted by atomic mass is 9.94. The van der Waals surface area contributed by atoms with Gasteiger partial charge in [-0.15, -0.1) is 11.8 Å². The first-order valence-electron chi connectivity index (χ1n) is 8.03. The Hall–Kier alpha value is -1.20. The maximum Gasteiger partial charge on any atom is 0.317 e. The van der Waals surface area contributed by atoms with E-state index in [4.69, 9.17) is 0 Å². The van der Waals surface area contributed by atoms with Crippen LogP contribution < -0.4 is 5.32 Å². The van der Waals surface area contributed by atoms with Gasteiger partial charge in [0.05, 0.1) is 6.61 Å². The van der Waals surface area contributed by atoms with Crippen molar-refractivity contribution in [2.75, 3.05) is 19.4 Å². The molecule has 122 valence electrons. The van der Waals surface area contributed by atoms with Crippen molar-refractivity contribution in [3.05, 3.63) is 29.8 Å². The number of rotatable bonds is 6. The Kier molecular flexibility index (Phi) is 7.06. The Balaban J connectivity index is 1.92. The highest BCUT2D eigenvalue weighted by atomic mass is 32.2. The quantitative estimate of drug-likeness (QED) is 0.791. The molecule has 0 aliphatic heterocycles. The largest absolute Gasteiger partial charge is 0.395 e. The zero-order chi connectivity index (χ0) is 15.8. The van der Waals surface area contributed by atoms with Crippen LogP contribution in [0.1, 0.15) is 37.7 Å². The molecule has 1 fully saturated rings. The lowest BCUT2D eigenvalue weighted by molar-refractivity contribution is 0.134. The third-order valence-electron chi connectivity index (χ3n) is 4.20. The van der Waals surface area contributed by atoms with Crippen LogP contribution in [0, 0.1) is 0 Å². The summed E-state index contributed by atoms with van der Waals surface area (Å²) < 4.78 is 0. The van der Waals surface area contributed by atoms with E-state index in [1.54, 1.807) is 11.8 Å². The number of amides is 2. The van der Waals surface area contributed by atoms with Gasteiger partial charge in [-0.1, -0.05) is 31.4 Å². The van der Waals surface area contributed by atoms with Crippen LogP contribution in [-0.4, -0.2) is 41.5 Å². The molecule has 1 aliphatic rings. The molecule has 2 rings (SSSR count). The van der Waals surface area contributed by atoms with Crippen molar-refractivity contribution in [2.45, 2.75) is 49.6 Å². The number of carbonyl (C=O) groups excluding carboxylic acids is 1. The van der Waals surface area contributed by atoms with Crippen molar-refractivity contribution in [3.63, 3.8) is 0 Å². The fourth-order valence-corrected chi connectivity index (χ4v) is 3.50. The van der Waals surface area contributed by atoms with Crippen molar-refractivity contribution < 1.29 is 9.90 Å². The van der Waals surface area contributed by atoms with Gasteiger partial charge >= 0.3 is 6.03 Å². The predicted octanol–water partition coefficient (Wildman–Crippen LogP) is 3.25. The van der Waals surface area contributed by atoms with Crippen LogP contribution in [0.5, 0.6) is 0 Å². The first-order chi connectivity index (χ1) is 10.7. The van der Waals surface area contributed by atoms with Crippen LogP contribution in [-0.2, 0) is 6.54 Å². The number of nitrogens with one attached hydrogen (secondary N) is 1. The predicted molar refractivity (Wildman–Crippen MR) is 91.1 cm³/mol. The molecule has 22 heavy (non-hydrogen) atoms. The fraction of sp³-hybridized carbons (Fsp3) is 0.588. The summed E-state index contributed by atoms with van der Waals surface area (Å²) in [7, 11) is 0. The maximum absolute atomic E-state index is 12.5. The molecule has 0 spiro atoms. The number of carbonyl (C=O) groups is 1. The van der Waals surface area contributed by atoms with Gasteiger partial charge in [0.2, 0.25) is 0 Å². The summed E-state index contributed by atoms with van der Waals surface area (Å²) in [5.41, 5.74) is 1.10. The first-order valence-corrected chi connectivity index (χ1v) is 9.25. The average molecular weight is 322 g/mol. The SMILES string of the molecule is CSc1cccc(CNC(=O)N(CCO)C2CCCCC2)c1. The minimum atomic E-state index is -0.0597. The first kappa shape index (κ1) is 17.2. The second kappa shape index (κ2) is 9.06. The Morgan fingerprint density at radius 1 is 1.36 bits per heavy atom. The minimum absolute atomic E-state index is 0.0197. The molecular weight excluding hydrogens is 296 g/mol. The molecule has 2 amide bonds. The summed E-state index contributed by atoms with van der Waals surface area (Å²) in [6, 6.07) is 8.42. The maximum atomic E-state index is 12.5. The number of nitrogens with zero attached hydrogens (tertiary/aromatic N) is 1. The van der Waals surface area contributed by atoms with Gasteiger partial charge in [0.1, 0.15) is 0 Å². The molecule has 4 nitrogen and oxygen atoms in total. The van der Waals surface area contributed by atoms with Crippen molar-refractivity contribution in [3.8, 4) is 0 Å². The van der Waals surface area contributed by atoms with Gasteiger partial charge in [0, 0.05) is 24.0 Å². The van der Waals surface area contributed by atoms with Crippen LogP contribution in [0.4, 0.5) is 4.79 Å². The van der Waals surface area contributed by atoms with Crippen LogP contribution >= 0.6 is 11.8 Å². The van der Waals surface area contributed by atoms with Crippen molar-refractivity contribution in [1.82, 2.24) is 10.2 Å². The molecule has 0 atom stereocenters. The number of aliphatic hydroxyl groups excluding tert-OH is 1. The standard InChI is InChI=1S/C17H26N2O2S/c1-22-16-9-5-6-14(12-16)13-18-17(21)19(10-11-20)15-7-3-2-4-8-15/h5-6,9,12,15,20H,2-4,7-8,10-11,13H2,1H3,(H,18,21). The van der Waals surface area contributed by atoms with Gasteiger partial charge in [-0.25, -0.2) is 4.79 Å². The molecule has 1 aromatic rings. The van der Waals surface area contributed by atoms with E-state index >= 15 is 0 Å². The molecule has 1 aromatic carbocycles. The number of benzene rings is 1. The van der Waals surface area contributed by atoms with Crippen molar-refractivity contribution in [2.24, 2.45) is 0 Å². The monoisotopic (exact) mass is 322 g/mol. The van der Waals surface area contributed by atoms with Crippen LogP contribution in [0.25, 0.3) is 0 Å². The molecular formula is C17H26N2O2S. The Labute approximate surface area is 137 Å². The summed E-state index contributed by atoms with van der Waals surface area (Å²) in [6.07, 6.45) is 7.76. The lowest BCUT2D eigenvalue weighted by Crippen LogP contribution is -2.48. The number of hydrogen-bond donors (Lipinski definition) is 2. The lowest BCUT2D eigenvalue weighted by Gasteiger charge is -2.34. The number of urea groups is 1. The number of aliphatic hydroxyl groups is 1. The molecule has 0 radical (unpaired) electrons. The average Bonchev–Trinajstić information content (AvgIpc) is 2.58. The van der Waals surface area contributed by atoms with Gasteiger partial charge in [0.15, 0.2) is 0 Å². The van der Waals surface area contributed by atoms with Gasteiger partial charge < -0.3 is 15.3 Å². The van der Waals surface area contributed by atoms with Gasteiger partial charge in [-0.3, -0.25) is 0 Å². The van der Waals surface area contributed by atoms with E-state index in [2.05, 4.69) is 17.4 Å². The second-order valence-corrected chi connectivity index (χ2v) is 6.60. The van der Waals surface area contributed by atoms with E-state index in [0.717, 1.165) is 18.4 Å². The second-order valence-electron chi connectivity index (χ2n) is 5.72. The van der Waals surface area contributed by atoms with E-state index in [0.29, 0.717) is 13.1 Å².